The fraction of sp³-hybridized carbons (Fsp3) is 0.429. The molecule has 0 saturated carbocycles. The number of halogens is 9. The summed E-state index contributed by atoms with van der Waals surface area (Å²) in [6, 6.07) is -3.02. The first-order valence-corrected chi connectivity index (χ1v) is 3.55. The highest BCUT2D eigenvalue weighted by Gasteiger charge is 2.77. The Morgan fingerprint density at radius 1 is 0.882 bits per heavy atom. The molecule has 0 fully saturated rings. The summed E-state index contributed by atoms with van der Waals surface area (Å²) in [7, 11) is 0. The Balaban J connectivity index is 5.84. The van der Waals surface area contributed by atoms with E-state index in [0.717, 1.165) is 0 Å². The summed E-state index contributed by atoms with van der Waals surface area (Å²) >= 11 is 0. The minimum absolute atomic E-state index is 0.0118. The molecule has 0 rings (SSSR count). The van der Waals surface area contributed by atoms with E-state index in [1.165, 1.54) is 0 Å². The standard InChI is InChI=1S/C7H3F9O/c1-2-17-4(9)3(8)5(10,6(11,12)13)7(14,15)16/h2H,1H2. The number of hydrogen-bond donors (Lipinski definition) is 0. The van der Waals surface area contributed by atoms with Crippen LogP contribution in [0.1, 0.15) is 0 Å². The lowest BCUT2D eigenvalue weighted by atomic mass is 10.0. The monoisotopic (exact) mass is 274 g/mol. The highest BCUT2D eigenvalue weighted by molar-refractivity contribution is 5.18. The molecule has 17 heavy (non-hydrogen) atoms. The molecule has 0 aromatic heterocycles. The van der Waals surface area contributed by atoms with Gasteiger partial charge in [-0.1, -0.05) is 6.58 Å². The maximum Gasteiger partial charge on any atom is 0.438 e. The molecule has 0 amide bonds. The second kappa shape index (κ2) is 4.49. The van der Waals surface area contributed by atoms with Crippen molar-refractivity contribution in [1.82, 2.24) is 0 Å². The van der Waals surface area contributed by atoms with Gasteiger partial charge >= 0.3 is 24.0 Å². The maximum atomic E-state index is 12.7. The van der Waals surface area contributed by atoms with E-state index >= 15 is 0 Å². The smallest absolute Gasteiger partial charge is 0.438 e. The van der Waals surface area contributed by atoms with Gasteiger partial charge in [0, 0.05) is 0 Å². The highest BCUT2D eigenvalue weighted by atomic mass is 19.4. The molecule has 0 aliphatic rings. The SMILES string of the molecule is C=COC(F)=C(F)C(F)(C(F)(F)F)C(F)(F)F. The van der Waals surface area contributed by atoms with Crippen LogP contribution in [-0.4, -0.2) is 18.0 Å². The number of allylic oxidation sites excluding steroid dienone is 1. The Kier molecular flexibility index (Phi) is 4.14. The van der Waals surface area contributed by atoms with Crippen LogP contribution in [0.2, 0.25) is 0 Å². The quantitative estimate of drug-likeness (QED) is 0.556. The molecule has 0 N–H and O–H groups in total. The van der Waals surface area contributed by atoms with Crippen LogP contribution >= 0.6 is 0 Å². The van der Waals surface area contributed by atoms with E-state index in [1.54, 1.807) is 0 Å². The molecule has 0 aliphatic carbocycles. The van der Waals surface area contributed by atoms with Crippen molar-refractivity contribution >= 4 is 0 Å². The van der Waals surface area contributed by atoms with Crippen LogP contribution in [0, 0.1) is 0 Å². The van der Waals surface area contributed by atoms with E-state index in [0.29, 0.717) is 0 Å². The van der Waals surface area contributed by atoms with Crippen molar-refractivity contribution in [3.8, 4) is 0 Å². The van der Waals surface area contributed by atoms with E-state index in [1.807, 2.05) is 0 Å². The van der Waals surface area contributed by atoms with Crippen LogP contribution in [0.15, 0.2) is 24.7 Å². The third-order valence-electron chi connectivity index (χ3n) is 1.44. The average molecular weight is 274 g/mol. The molecule has 0 radical (unpaired) electrons. The largest absolute Gasteiger partial charge is 0.438 e. The molecule has 0 unspecified atom stereocenters. The third-order valence-corrected chi connectivity index (χ3v) is 1.44. The summed E-state index contributed by atoms with van der Waals surface area (Å²) in [5.41, 5.74) is -6.48. The second-order valence-electron chi connectivity index (χ2n) is 2.53. The first kappa shape index (κ1) is 15.6. The number of alkyl halides is 7. The predicted octanol–water partition coefficient (Wildman–Crippen LogP) is 4.09. The van der Waals surface area contributed by atoms with E-state index in [-0.39, 0.29) is 6.26 Å². The summed E-state index contributed by atoms with van der Waals surface area (Å²) in [5.74, 6) is -3.78. The summed E-state index contributed by atoms with van der Waals surface area (Å²) in [5, 5.41) is 0. The molecule has 0 saturated heterocycles. The van der Waals surface area contributed by atoms with Crippen LogP contribution < -0.4 is 0 Å². The fourth-order valence-corrected chi connectivity index (χ4v) is 0.670. The van der Waals surface area contributed by atoms with Crippen molar-refractivity contribution in [1.29, 1.82) is 0 Å². The van der Waals surface area contributed by atoms with Crippen LogP contribution in [0.4, 0.5) is 39.5 Å². The lowest BCUT2D eigenvalue weighted by Crippen LogP contribution is -2.54. The van der Waals surface area contributed by atoms with E-state index < -0.39 is 29.9 Å². The zero-order valence-electron chi connectivity index (χ0n) is 7.59. The summed E-state index contributed by atoms with van der Waals surface area (Å²) in [6.07, 6.45) is -13.5. The van der Waals surface area contributed by atoms with Crippen molar-refractivity contribution < 1.29 is 44.3 Å². The minimum atomic E-state index is -6.74. The third kappa shape index (κ3) is 2.67. The lowest BCUT2D eigenvalue weighted by Gasteiger charge is -2.28. The molecule has 0 aromatic carbocycles. The molecule has 10 heteroatoms. The zero-order chi connectivity index (χ0) is 14.1. The molecule has 1 nitrogen and oxygen atoms in total. The van der Waals surface area contributed by atoms with Crippen molar-refractivity contribution in [3.05, 3.63) is 24.7 Å². The molecule has 0 aromatic rings. The van der Waals surface area contributed by atoms with Crippen molar-refractivity contribution in [2.75, 3.05) is 0 Å². The van der Waals surface area contributed by atoms with Gasteiger partial charge in [-0.05, 0) is 0 Å². The van der Waals surface area contributed by atoms with Crippen LogP contribution in [0.25, 0.3) is 0 Å². The topological polar surface area (TPSA) is 9.23 Å². The van der Waals surface area contributed by atoms with Crippen molar-refractivity contribution in [3.63, 3.8) is 0 Å². The van der Waals surface area contributed by atoms with Crippen molar-refractivity contribution in [2.24, 2.45) is 0 Å². The van der Waals surface area contributed by atoms with Gasteiger partial charge in [0.05, 0.1) is 6.26 Å². The zero-order valence-corrected chi connectivity index (χ0v) is 7.59. The van der Waals surface area contributed by atoms with Gasteiger partial charge in [-0.3, -0.25) is 0 Å². The maximum absolute atomic E-state index is 12.7. The van der Waals surface area contributed by atoms with Gasteiger partial charge in [0.2, 0.25) is 5.83 Å². The van der Waals surface area contributed by atoms with Gasteiger partial charge in [0.1, 0.15) is 0 Å². The fourth-order valence-electron chi connectivity index (χ4n) is 0.670. The van der Waals surface area contributed by atoms with E-state index in [9.17, 15) is 39.5 Å². The Morgan fingerprint density at radius 3 is 1.47 bits per heavy atom. The molecule has 0 spiro atoms. The van der Waals surface area contributed by atoms with Gasteiger partial charge in [0.15, 0.2) is 0 Å². The lowest BCUT2D eigenvalue weighted by molar-refractivity contribution is -0.332. The molecule has 0 atom stereocenters. The summed E-state index contributed by atoms with van der Waals surface area (Å²) in [6.45, 7) is 2.54. The molecular weight excluding hydrogens is 271 g/mol. The molecular formula is C7H3F9O. The Labute approximate surface area is 88.2 Å². The Bertz CT molecular complexity index is 309. The average Bonchev–Trinajstić information content (AvgIpc) is 2.12. The number of hydrogen-bond acceptors (Lipinski definition) is 1. The summed E-state index contributed by atoms with van der Waals surface area (Å²) < 4.78 is 112. The summed E-state index contributed by atoms with van der Waals surface area (Å²) in [4.78, 5) is 0. The van der Waals surface area contributed by atoms with Gasteiger partial charge in [-0.15, -0.1) is 0 Å². The van der Waals surface area contributed by atoms with Gasteiger partial charge < -0.3 is 4.74 Å². The van der Waals surface area contributed by atoms with Gasteiger partial charge in [0.25, 0.3) is 0 Å². The second-order valence-corrected chi connectivity index (χ2v) is 2.53. The Morgan fingerprint density at radius 2 is 1.24 bits per heavy atom. The van der Waals surface area contributed by atoms with Gasteiger partial charge in [-0.25, -0.2) is 8.78 Å². The normalized spacial score (nSPS) is 15.4. The van der Waals surface area contributed by atoms with Crippen molar-refractivity contribution in [2.45, 2.75) is 18.0 Å². The van der Waals surface area contributed by atoms with Crippen LogP contribution in [0.5, 0.6) is 0 Å². The number of rotatable bonds is 3. The number of ether oxygens (including phenoxy) is 1. The van der Waals surface area contributed by atoms with Gasteiger partial charge in [-0.2, -0.15) is 30.7 Å². The van der Waals surface area contributed by atoms with Crippen LogP contribution in [-0.2, 0) is 4.74 Å². The molecule has 100 valence electrons. The highest BCUT2D eigenvalue weighted by Crippen LogP contribution is 2.51. The predicted molar refractivity (Wildman–Crippen MR) is 36.5 cm³/mol. The minimum Gasteiger partial charge on any atom is -0.438 e. The molecule has 0 bridgehead atoms. The van der Waals surface area contributed by atoms with E-state index in [2.05, 4.69) is 11.3 Å². The first-order valence-electron chi connectivity index (χ1n) is 3.55. The van der Waals surface area contributed by atoms with Crippen LogP contribution in [0.3, 0.4) is 0 Å². The molecule has 0 aliphatic heterocycles. The first-order chi connectivity index (χ1) is 7.39. The van der Waals surface area contributed by atoms with E-state index in [4.69, 9.17) is 0 Å². The molecule has 0 heterocycles. The Hall–Kier alpha value is -1.35.